The van der Waals surface area contributed by atoms with Crippen LogP contribution in [0.3, 0.4) is 0 Å². The Labute approximate surface area is 337 Å². The number of amides is 4. The maximum Gasteiger partial charge on any atom is 0.261 e. The van der Waals surface area contributed by atoms with E-state index in [1.54, 1.807) is 24.3 Å². The number of hydrogen-bond acceptors (Lipinski definition) is 6. The van der Waals surface area contributed by atoms with Gasteiger partial charge in [-0.3, -0.25) is 29.0 Å². The fraction of sp³-hybridized carbons (Fsp3) is 0.280. The minimum atomic E-state index is -0.425. The topological polar surface area (TPSA) is 93.2 Å². The molecule has 0 aliphatic carbocycles. The molecule has 7 aromatic rings. The van der Waals surface area contributed by atoms with E-state index < -0.39 is 23.6 Å². The summed E-state index contributed by atoms with van der Waals surface area (Å²) in [5, 5.41) is 5.23. The smallest absolute Gasteiger partial charge is 0.261 e. The zero-order valence-corrected chi connectivity index (χ0v) is 34.6. The fourth-order valence-corrected chi connectivity index (χ4v) is 9.22. The largest absolute Gasteiger partial charge is 0.456 e. The van der Waals surface area contributed by atoms with Gasteiger partial charge in [-0.2, -0.15) is 0 Å². The molecule has 58 heavy (non-hydrogen) atoms. The van der Waals surface area contributed by atoms with Crippen LogP contribution in [-0.4, -0.2) is 47.5 Å². The third kappa shape index (κ3) is 5.13. The molecule has 8 nitrogen and oxygen atoms in total. The van der Waals surface area contributed by atoms with Crippen molar-refractivity contribution >= 4 is 66.7 Å². The Morgan fingerprint density at radius 2 is 0.707 bits per heavy atom. The molecule has 0 radical (unpaired) electrons. The standard InChI is InChI=1S/C50H46N2O6/c1-23(2)27-13-11-14-28(24(3)4)45(27)57-37-21-35-39-33(47(53)51(9)49(35)55)20-18-32-42-38(58-46-29(25(5)6)15-12-16-30(46)26(7)8)22-36-40-34(48(54)52(10)50(36)56)19-17-31(44(40)42)41(37)43(32)39/h11-26H,1-10H3. The average molecular weight is 771 g/mol. The van der Waals surface area contributed by atoms with Gasteiger partial charge in [-0.05, 0) is 81.0 Å². The second kappa shape index (κ2) is 13.1. The number of carbonyl (C=O) groups excluding carboxylic acids is 4. The molecule has 0 fully saturated rings. The van der Waals surface area contributed by atoms with Crippen LogP contribution in [0, 0.1) is 0 Å². The predicted octanol–water partition coefficient (Wildman–Crippen LogP) is 12.3. The highest BCUT2D eigenvalue weighted by Gasteiger charge is 2.38. The van der Waals surface area contributed by atoms with Crippen LogP contribution in [0.5, 0.6) is 23.0 Å². The first-order valence-corrected chi connectivity index (χ1v) is 20.2. The van der Waals surface area contributed by atoms with Gasteiger partial charge in [0.05, 0.1) is 11.1 Å². The Hall–Kier alpha value is -6.28. The Balaban J connectivity index is 1.50. The van der Waals surface area contributed by atoms with Crippen LogP contribution in [0.15, 0.2) is 72.8 Å². The number of imide groups is 2. The minimum absolute atomic E-state index is 0.127. The van der Waals surface area contributed by atoms with Gasteiger partial charge >= 0.3 is 0 Å². The Kier molecular flexibility index (Phi) is 8.45. The summed E-state index contributed by atoms with van der Waals surface area (Å²) in [6.45, 7) is 17.0. The van der Waals surface area contributed by atoms with Crippen molar-refractivity contribution in [1.29, 1.82) is 0 Å². The van der Waals surface area contributed by atoms with Crippen molar-refractivity contribution in [3.05, 3.63) is 117 Å². The molecule has 0 aromatic heterocycles. The first-order chi connectivity index (χ1) is 27.6. The van der Waals surface area contributed by atoms with E-state index in [-0.39, 0.29) is 23.7 Å². The maximum atomic E-state index is 14.2. The normalized spacial score (nSPS) is 14.4. The van der Waals surface area contributed by atoms with Crippen LogP contribution >= 0.6 is 0 Å². The molecule has 4 amide bonds. The van der Waals surface area contributed by atoms with Crippen molar-refractivity contribution in [2.75, 3.05) is 14.1 Å². The molecule has 0 bridgehead atoms. The van der Waals surface area contributed by atoms with E-state index in [0.717, 1.165) is 43.6 Å². The predicted molar refractivity (Wildman–Crippen MR) is 230 cm³/mol. The van der Waals surface area contributed by atoms with Gasteiger partial charge in [0.15, 0.2) is 0 Å². The molecular weight excluding hydrogens is 725 g/mol. The summed E-state index contributed by atoms with van der Waals surface area (Å²) in [6, 6.07) is 23.3. The second-order valence-electron chi connectivity index (χ2n) is 17.1. The molecule has 0 saturated carbocycles. The highest BCUT2D eigenvalue weighted by atomic mass is 16.5. The molecule has 0 spiro atoms. The van der Waals surface area contributed by atoms with Crippen molar-refractivity contribution < 1.29 is 28.7 Å². The van der Waals surface area contributed by atoms with E-state index in [0.29, 0.717) is 76.8 Å². The number of hydrogen-bond donors (Lipinski definition) is 0. The first kappa shape index (κ1) is 37.3. The van der Waals surface area contributed by atoms with Crippen molar-refractivity contribution in [2.45, 2.75) is 79.1 Å². The van der Waals surface area contributed by atoms with E-state index >= 15 is 0 Å². The summed E-state index contributed by atoms with van der Waals surface area (Å²) in [7, 11) is 3.01. The van der Waals surface area contributed by atoms with Gasteiger partial charge in [-0.1, -0.05) is 104 Å². The summed E-state index contributed by atoms with van der Waals surface area (Å²) in [5.41, 5.74) is 5.61. The van der Waals surface area contributed by atoms with Crippen LogP contribution in [0.25, 0.3) is 43.1 Å². The van der Waals surface area contributed by atoms with E-state index in [2.05, 4.69) is 79.7 Å². The van der Waals surface area contributed by atoms with E-state index in [4.69, 9.17) is 9.47 Å². The number of carbonyl (C=O) groups is 4. The maximum absolute atomic E-state index is 14.2. The van der Waals surface area contributed by atoms with Gasteiger partial charge in [0.25, 0.3) is 23.6 Å². The lowest BCUT2D eigenvalue weighted by Crippen LogP contribution is -2.37. The van der Waals surface area contributed by atoms with Crippen molar-refractivity contribution in [2.24, 2.45) is 0 Å². The molecule has 292 valence electrons. The SMILES string of the molecule is CC(C)c1cccc(C(C)C)c1Oc1cc2c3c(ccc4c5c(Oc6c(C(C)C)cccc6C(C)C)cc6c7c(ccc(c1c34)c75)C(=O)N(C)C6=O)C(=O)N(C)C2=O. The average Bonchev–Trinajstić information content (AvgIpc) is 3.19. The van der Waals surface area contributed by atoms with Crippen LogP contribution in [0.2, 0.25) is 0 Å². The molecular formula is C50H46N2O6. The molecule has 0 N–H and O–H groups in total. The summed E-state index contributed by atoms with van der Waals surface area (Å²) >= 11 is 0. The van der Waals surface area contributed by atoms with E-state index in [1.165, 1.54) is 14.1 Å². The fourth-order valence-electron chi connectivity index (χ4n) is 9.22. The van der Waals surface area contributed by atoms with Crippen LogP contribution in [0.4, 0.5) is 0 Å². The molecule has 9 rings (SSSR count). The lowest BCUT2D eigenvalue weighted by atomic mass is 9.81. The molecule has 0 atom stereocenters. The van der Waals surface area contributed by atoms with Crippen molar-refractivity contribution in [1.82, 2.24) is 9.80 Å². The van der Waals surface area contributed by atoms with Crippen LogP contribution in [0.1, 0.15) is 143 Å². The third-order valence-corrected chi connectivity index (χ3v) is 12.2. The van der Waals surface area contributed by atoms with Crippen molar-refractivity contribution in [3.63, 3.8) is 0 Å². The minimum Gasteiger partial charge on any atom is -0.456 e. The van der Waals surface area contributed by atoms with E-state index in [9.17, 15) is 19.2 Å². The molecule has 0 unspecified atom stereocenters. The summed E-state index contributed by atoms with van der Waals surface area (Å²) in [5.74, 6) is 1.20. The van der Waals surface area contributed by atoms with Gasteiger partial charge in [0.2, 0.25) is 0 Å². The highest BCUT2D eigenvalue weighted by molar-refractivity contribution is 6.43. The second-order valence-corrected chi connectivity index (χ2v) is 17.1. The first-order valence-electron chi connectivity index (χ1n) is 20.2. The molecule has 0 saturated heterocycles. The molecule has 2 aliphatic rings. The number of para-hydroxylation sites is 2. The number of fused-ring (bicyclic) bond motifs is 2. The van der Waals surface area contributed by atoms with Gasteiger partial charge in [-0.15, -0.1) is 0 Å². The Morgan fingerprint density at radius 3 is 1.02 bits per heavy atom. The Bertz CT molecular complexity index is 2720. The zero-order valence-electron chi connectivity index (χ0n) is 34.6. The zero-order chi connectivity index (χ0) is 41.2. The highest BCUT2D eigenvalue weighted by Crippen LogP contribution is 2.54. The summed E-state index contributed by atoms with van der Waals surface area (Å²) < 4.78 is 14.4. The van der Waals surface area contributed by atoms with Gasteiger partial charge in [-0.25, -0.2) is 0 Å². The van der Waals surface area contributed by atoms with Gasteiger partial charge < -0.3 is 9.47 Å². The van der Waals surface area contributed by atoms with Crippen LogP contribution < -0.4 is 9.47 Å². The summed E-state index contributed by atoms with van der Waals surface area (Å²) in [4.78, 5) is 58.6. The number of ether oxygens (including phenoxy) is 2. The molecule has 8 heteroatoms. The number of nitrogens with zero attached hydrogens (tertiary/aromatic N) is 2. The lowest BCUT2D eigenvalue weighted by molar-refractivity contribution is 0.0635. The monoisotopic (exact) mass is 770 g/mol. The van der Waals surface area contributed by atoms with E-state index in [1.807, 2.05) is 24.3 Å². The molecule has 7 aromatic carbocycles. The quantitative estimate of drug-likeness (QED) is 0.0868. The lowest BCUT2D eigenvalue weighted by Gasteiger charge is -2.30. The van der Waals surface area contributed by atoms with Gasteiger partial charge in [0.1, 0.15) is 23.0 Å². The van der Waals surface area contributed by atoms with Crippen LogP contribution in [-0.2, 0) is 0 Å². The third-order valence-electron chi connectivity index (χ3n) is 12.2. The van der Waals surface area contributed by atoms with Gasteiger partial charge in [0, 0.05) is 57.5 Å². The molecule has 2 aliphatic heterocycles. The number of rotatable bonds is 8. The number of benzene rings is 7. The van der Waals surface area contributed by atoms with Crippen molar-refractivity contribution in [3.8, 4) is 23.0 Å². The molecule has 2 heterocycles. The Morgan fingerprint density at radius 1 is 0.397 bits per heavy atom. The summed E-state index contributed by atoms with van der Waals surface area (Å²) in [6.07, 6.45) is 0.